The first-order chi connectivity index (χ1) is 11.5. The predicted molar refractivity (Wildman–Crippen MR) is 82.8 cm³/mol. The van der Waals surface area contributed by atoms with E-state index in [2.05, 4.69) is 10.3 Å². The Labute approximate surface area is 134 Å². The van der Waals surface area contributed by atoms with Crippen molar-refractivity contribution >= 4 is 23.2 Å². The molecule has 2 heterocycles. The van der Waals surface area contributed by atoms with Gasteiger partial charge in [-0.15, -0.1) is 0 Å². The normalized spacial score (nSPS) is 10.5. The summed E-state index contributed by atoms with van der Waals surface area (Å²) < 4.78 is 13.9. The van der Waals surface area contributed by atoms with Gasteiger partial charge < -0.3 is 10.4 Å². The van der Waals surface area contributed by atoms with Gasteiger partial charge in [-0.2, -0.15) is 0 Å². The van der Waals surface area contributed by atoms with Gasteiger partial charge in [0.15, 0.2) is 5.65 Å². The standard InChI is InChI=1S/C16H10FN3O4/c17-10-5-3-9(4-6-10)14(21)19-12-8-18-13-11(16(23)24)2-1-7-20(13)15(12)22/h1-8H,(H,19,21)(H,23,24). The lowest BCUT2D eigenvalue weighted by molar-refractivity contribution is 0.0698. The summed E-state index contributed by atoms with van der Waals surface area (Å²) in [5.74, 6) is -2.31. The number of nitrogens with one attached hydrogen (secondary N) is 1. The number of fused-ring (bicyclic) bond motifs is 1. The minimum atomic E-state index is -1.22. The summed E-state index contributed by atoms with van der Waals surface area (Å²) in [6, 6.07) is 7.52. The van der Waals surface area contributed by atoms with Crippen LogP contribution in [0.2, 0.25) is 0 Å². The number of aromatic carboxylic acids is 1. The van der Waals surface area contributed by atoms with Crippen LogP contribution in [0.15, 0.2) is 53.6 Å². The third-order valence-electron chi connectivity index (χ3n) is 3.32. The van der Waals surface area contributed by atoms with E-state index in [1.165, 1.54) is 30.5 Å². The Morgan fingerprint density at radius 2 is 1.88 bits per heavy atom. The maximum Gasteiger partial charge on any atom is 0.339 e. The summed E-state index contributed by atoms with van der Waals surface area (Å²) in [6.45, 7) is 0. The molecular formula is C16H10FN3O4. The minimum absolute atomic E-state index is 0.0326. The van der Waals surface area contributed by atoms with Crippen LogP contribution in [0, 0.1) is 5.82 Å². The van der Waals surface area contributed by atoms with Gasteiger partial charge in [0, 0.05) is 11.8 Å². The molecule has 0 saturated heterocycles. The van der Waals surface area contributed by atoms with E-state index in [1.54, 1.807) is 0 Å². The van der Waals surface area contributed by atoms with Gasteiger partial charge in [-0.1, -0.05) is 0 Å². The van der Waals surface area contributed by atoms with Crippen LogP contribution < -0.4 is 10.9 Å². The van der Waals surface area contributed by atoms with E-state index in [1.807, 2.05) is 0 Å². The van der Waals surface area contributed by atoms with Gasteiger partial charge in [0.1, 0.15) is 17.1 Å². The Kier molecular flexibility index (Phi) is 3.78. The van der Waals surface area contributed by atoms with Crippen molar-refractivity contribution in [1.82, 2.24) is 9.38 Å². The molecule has 0 atom stereocenters. The molecule has 120 valence electrons. The zero-order valence-electron chi connectivity index (χ0n) is 12.1. The highest BCUT2D eigenvalue weighted by Crippen LogP contribution is 2.10. The van der Waals surface area contributed by atoms with Crippen LogP contribution in [-0.2, 0) is 0 Å². The number of carboxylic acids is 1. The van der Waals surface area contributed by atoms with Crippen LogP contribution in [0.1, 0.15) is 20.7 Å². The fourth-order valence-electron chi connectivity index (χ4n) is 2.15. The number of halogens is 1. The van der Waals surface area contributed by atoms with Gasteiger partial charge in [0.2, 0.25) is 0 Å². The van der Waals surface area contributed by atoms with E-state index in [0.29, 0.717) is 0 Å². The van der Waals surface area contributed by atoms with Crippen LogP contribution >= 0.6 is 0 Å². The number of rotatable bonds is 3. The molecule has 0 aliphatic rings. The second-order valence-corrected chi connectivity index (χ2v) is 4.86. The number of anilines is 1. The number of pyridine rings is 1. The lowest BCUT2D eigenvalue weighted by Gasteiger charge is -2.07. The van der Waals surface area contributed by atoms with E-state index in [0.717, 1.165) is 22.7 Å². The Morgan fingerprint density at radius 1 is 1.17 bits per heavy atom. The molecular weight excluding hydrogens is 317 g/mol. The zero-order chi connectivity index (χ0) is 17.3. The summed E-state index contributed by atoms with van der Waals surface area (Å²) in [4.78, 5) is 39.5. The Morgan fingerprint density at radius 3 is 2.54 bits per heavy atom. The lowest BCUT2D eigenvalue weighted by atomic mass is 10.2. The fourth-order valence-corrected chi connectivity index (χ4v) is 2.15. The second-order valence-electron chi connectivity index (χ2n) is 4.86. The number of carbonyl (C=O) groups is 2. The molecule has 2 N–H and O–H groups in total. The van der Waals surface area contributed by atoms with Crippen LogP contribution in [0.4, 0.5) is 10.1 Å². The summed E-state index contributed by atoms with van der Waals surface area (Å²) in [5.41, 5.74) is -0.746. The smallest absolute Gasteiger partial charge is 0.339 e. The monoisotopic (exact) mass is 327 g/mol. The molecule has 7 nitrogen and oxygen atoms in total. The second kappa shape index (κ2) is 5.92. The third kappa shape index (κ3) is 2.72. The van der Waals surface area contributed by atoms with Crippen molar-refractivity contribution in [2.45, 2.75) is 0 Å². The van der Waals surface area contributed by atoms with Crippen molar-refractivity contribution < 1.29 is 19.1 Å². The van der Waals surface area contributed by atoms with Crippen LogP contribution in [-0.4, -0.2) is 26.4 Å². The summed E-state index contributed by atoms with van der Waals surface area (Å²) in [6.07, 6.45) is 2.44. The number of aromatic nitrogens is 2. The number of hydrogen-bond acceptors (Lipinski definition) is 4. The van der Waals surface area contributed by atoms with E-state index >= 15 is 0 Å². The van der Waals surface area contributed by atoms with Crippen LogP contribution in [0.25, 0.3) is 5.65 Å². The predicted octanol–water partition coefficient (Wildman–Crippen LogP) is 1.78. The van der Waals surface area contributed by atoms with Crippen molar-refractivity contribution in [3.63, 3.8) is 0 Å². The van der Waals surface area contributed by atoms with Crippen molar-refractivity contribution in [2.75, 3.05) is 5.32 Å². The van der Waals surface area contributed by atoms with E-state index in [4.69, 9.17) is 5.11 Å². The first-order valence-electron chi connectivity index (χ1n) is 6.78. The molecule has 0 spiro atoms. The number of benzene rings is 1. The number of amides is 1. The largest absolute Gasteiger partial charge is 0.478 e. The molecule has 3 aromatic rings. The van der Waals surface area contributed by atoms with E-state index in [-0.39, 0.29) is 22.5 Å². The Hall–Kier alpha value is -3.55. The summed E-state index contributed by atoms with van der Waals surface area (Å²) in [5, 5.41) is 11.5. The fraction of sp³-hybridized carbons (Fsp3) is 0. The molecule has 0 fully saturated rings. The molecule has 3 rings (SSSR count). The summed E-state index contributed by atoms with van der Waals surface area (Å²) >= 11 is 0. The highest BCUT2D eigenvalue weighted by Gasteiger charge is 2.14. The Bertz CT molecular complexity index is 1010. The molecule has 8 heteroatoms. The first-order valence-corrected chi connectivity index (χ1v) is 6.78. The highest BCUT2D eigenvalue weighted by atomic mass is 19.1. The topological polar surface area (TPSA) is 101 Å². The Balaban J connectivity index is 2.00. The molecule has 0 aliphatic heterocycles. The third-order valence-corrected chi connectivity index (χ3v) is 3.32. The average Bonchev–Trinajstić information content (AvgIpc) is 2.57. The summed E-state index contributed by atoms with van der Waals surface area (Å²) in [7, 11) is 0. The number of carboxylic acid groups (broad SMARTS) is 1. The highest BCUT2D eigenvalue weighted by molar-refractivity contribution is 6.04. The molecule has 0 aliphatic carbocycles. The molecule has 0 radical (unpaired) electrons. The number of nitrogens with zero attached hydrogens (tertiary/aromatic N) is 2. The quantitative estimate of drug-likeness (QED) is 0.764. The van der Waals surface area contributed by atoms with Gasteiger partial charge in [0.25, 0.3) is 11.5 Å². The maximum atomic E-state index is 12.9. The molecule has 1 amide bonds. The van der Waals surface area contributed by atoms with Crippen molar-refractivity contribution in [3.8, 4) is 0 Å². The molecule has 0 bridgehead atoms. The first kappa shape index (κ1) is 15.3. The number of hydrogen-bond donors (Lipinski definition) is 2. The van der Waals surface area contributed by atoms with Gasteiger partial charge in [-0.05, 0) is 36.4 Å². The number of carbonyl (C=O) groups excluding carboxylic acids is 1. The molecule has 0 unspecified atom stereocenters. The zero-order valence-corrected chi connectivity index (χ0v) is 12.1. The van der Waals surface area contributed by atoms with Crippen molar-refractivity contribution in [3.05, 3.63) is 76.1 Å². The van der Waals surface area contributed by atoms with Crippen molar-refractivity contribution in [1.29, 1.82) is 0 Å². The SMILES string of the molecule is O=C(Nc1cnc2c(C(=O)O)cccn2c1=O)c1ccc(F)cc1. The van der Waals surface area contributed by atoms with Gasteiger partial charge in [0.05, 0.1) is 6.20 Å². The van der Waals surface area contributed by atoms with E-state index < -0.39 is 23.3 Å². The average molecular weight is 327 g/mol. The minimum Gasteiger partial charge on any atom is -0.478 e. The molecule has 2 aromatic heterocycles. The lowest BCUT2D eigenvalue weighted by Crippen LogP contribution is -2.24. The van der Waals surface area contributed by atoms with Crippen LogP contribution in [0.5, 0.6) is 0 Å². The maximum absolute atomic E-state index is 12.9. The van der Waals surface area contributed by atoms with Crippen molar-refractivity contribution in [2.24, 2.45) is 0 Å². The van der Waals surface area contributed by atoms with Gasteiger partial charge in [-0.3, -0.25) is 14.0 Å². The molecule has 1 aromatic carbocycles. The van der Waals surface area contributed by atoms with Gasteiger partial charge >= 0.3 is 5.97 Å². The van der Waals surface area contributed by atoms with E-state index in [9.17, 15) is 18.8 Å². The molecule has 0 saturated carbocycles. The van der Waals surface area contributed by atoms with Gasteiger partial charge in [-0.25, -0.2) is 14.2 Å². The van der Waals surface area contributed by atoms with Crippen LogP contribution in [0.3, 0.4) is 0 Å². The molecule has 24 heavy (non-hydrogen) atoms.